The zero-order valence-electron chi connectivity index (χ0n) is 25.3. The molecule has 0 amide bonds. The van der Waals surface area contributed by atoms with Crippen LogP contribution < -0.4 is 0 Å². The van der Waals surface area contributed by atoms with Crippen LogP contribution in [0.3, 0.4) is 0 Å². The Morgan fingerprint density at radius 3 is 1.64 bits per heavy atom. The van der Waals surface area contributed by atoms with Gasteiger partial charge in [0.25, 0.3) is 0 Å². The molecule has 18 heteroatoms. The largest absolute Gasteiger partial charge is 0.472 e. The maximum atomic E-state index is 12.5. The molecule has 0 heterocycles. The Morgan fingerprint density at radius 2 is 1.16 bits per heavy atom. The second-order valence-electron chi connectivity index (χ2n) is 11.0. The Labute approximate surface area is 258 Å². The van der Waals surface area contributed by atoms with Crippen LogP contribution in [0.1, 0.15) is 96.8 Å². The third kappa shape index (κ3) is 17.4. The van der Waals surface area contributed by atoms with Crippen molar-refractivity contribution in [3.05, 3.63) is 0 Å². The van der Waals surface area contributed by atoms with Crippen molar-refractivity contribution >= 4 is 21.6 Å². The van der Waals surface area contributed by atoms with E-state index >= 15 is 0 Å². The molecule has 8 N–H and O–H groups in total. The lowest BCUT2D eigenvalue weighted by Crippen LogP contribution is -2.64. The summed E-state index contributed by atoms with van der Waals surface area (Å²) in [6.45, 7) is 0.252. The Morgan fingerprint density at radius 1 is 0.682 bits per heavy atom. The maximum Gasteiger partial charge on any atom is 0.472 e. The van der Waals surface area contributed by atoms with Crippen LogP contribution in [0.2, 0.25) is 0 Å². The highest BCUT2D eigenvalue weighted by Crippen LogP contribution is 2.48. The minimum Gasteiger partial charge on any atom is -0.457 e. The number of unbranched alkanes of at least 4 members (excludes halogenated alkanes) is 12. The summed E-state index contributed by atoms with van der Waals surface area (Å²) in [5.74, 6) is -0.635. The molecule has 44 heavy (non-hydrogen) atoms. The molecule has 262 valence electrons. The van der Waals surface area contributed by atoms with Gasteiger partial charge in [-0.15, -0.1) is 0 Å². The molecule has 0 aliphatic heterocycles. The maximum absolute atomic E-state index is 12.5. The zero-order valence-corrected chi connectivity index (χ0v) is 27.1. The van der Waals surface area contributed by atoms with Gasteiger partial charge < -0.3 is 49.7 Å². The number of phosphoric ester groups is 2. The summed E-state index contributed by atoms with van der Waals surface area (Å²) >= 11 is 0. The third-order valence-corrected chi connectivity index (χ3v) is 8.66. The minimum absolute atomic E-state index is 0.0717. The average Bonchev–Trinajstić information content (AvgIpc) is 2.95. The summed E-state index contributed by atoms with van der Waals surface area (Å²) < 4.78 is 47.5. The second kappa shape index (κ2) is 22.1. The molecule has 1 aliphatic rings. The van der Waals surface area contributed by atoms with E-state index in [0.717, 1.165) is 25.7 Å². The molecule has 0 radical (unpaired) electrons. The van der Waals surface area contributed by atoms with Crippen molar-refractivity contribution in [2.45, 2.75) is 140 Å². The molecule has 0 aromatic heterocycles. The van der Waals surface area contributed by atoms with Gasteiger partial charge in [-0.25, -0.2) is 9.13 Å². The molecule has 8 atom stereocenters. The molecular formula is C26H52O16P2. The van der Waals surface area contributed by atoms with Crippen LogP contribution in [0.25, 0.3) is 0 Å². The first kappa shape index (κ1) is 41.5. The number of carbonyl (C=O) groups excluding carboxylic acids is 1. The first-order valence-electron chi connectivity index (χ1n) is 15.2. The number of esters is 1. The van der Waals surface area contributed by atoms with Gasteiger partial charge in [0.05, 0.1) is 13.2 Å². The Kier molecular flexibility index (Phi) is 20.8. The monoisotopic (exact) mass is 682 g/mol. The Balaban J connectivity index is 2.47. The molecule has 1 fully saturated rings. The van der Waals surface area contributed by atoms with Crippen LogP contribution >= 0.6 is 15.6 Å². The van der Waals surface area contributed by atoms with Gasteiger partial charge in [0, 0.05) is 6.42 Å². The van der Waals surface area contributed by atoms with Gasteiger partial charge in [0.2, 0.25) is 0 Å². The number of hydrogen-bond donors (Lipinski definition) is 8. The number of hydrogen-bond acceptors (Lipinski definition) is 13. The first-order chi connectivity index (χ1) is 20.7. The van der Waals surface area contributed by atoms with Crippen LogP contribution in [0.4, 0.5) is 0 Å². The van der Waals surface area contributed by atoms with Crippen molar-refractivity contribution in [1.29, 1.82) is 0 Å². The summed E-state index contributed by atoms with van der Waals surface area (Å²) in [4.78, 5) is 40.4. The van der Waals surface area contributed by atoms with E-state index < -0.39 is 84.3 Å². The average molecular weight is 683 g/mol. The summed E-state index contributed by atoms with van der Waals surface area (Å²) in [6, 6.07) is 0. The van der Waals surface area contributed by atoms with E-state index in [0.29, 0.717) is 6.42 Å². The lowest BCUT2D eigenvalue weighted by Gasteiger charge is -2.43. The van der Waals surface area contributed by atoms with E-state index in [9.17, 15) is 39.2 Å². The van der Waals surface area contributed by atoms with Gasteiger partial charge in [-0.2, -0.15) is 0 Å². The van der Waals surface area contributed by atoms with Crippen LogP contribution in [-0.4, -0.2) is 109 Å². The van der Waals surface area contributed by atoms with Crippen molar-refractivity contribution in [3.8, 4) is 0 Å². The Bertz CT molecular complexity index is 873. The van der Waals surface area contributed by atoms with E-state index in [-0.39, 0.29) is 6.42 Å². The first-order valence-corrected chi connectivity index (χ1v) is 18.2. The standard InChI is InChI=1S/C26H52O16P2/c1-2-3-4-5-6-7-8-9-10-11-12-13-14-15-20(28)40-19(16-38-18-27)17-39-44(36,37)42-26-23(31)21(29)22(30)25(24(26)32)41-43(33,34)35/h19,21-27,29-32H,2-18H2,1H3,(H,36,37)(H2,33,34,35)/t19-,21-,22-,23?,24+,25?,26?/m1/s1. The van der Waals surface area contributed by atoms with Gasteiger partial charge in [-0.3, -0.25) is 18.4 Å². The number of phosphoric acid groups is 2. The summed E-state index contributed by atoms with van der Waals surface area (Å²) in [7, 11) is -10.5. The molecule has 0 aromatic rings. The minimum atomic E-state index is -5.32. The molecular weight excluding hydrogens is 630 g/mol. The molecule has 0 spiro atoms. The molecule has 0 saturated heterocycles. The third-order valence-electron chi connectivity index (χ3n) is 7.16. The quantitative estimate of drug-likeness (QED) is 0.0295. The van der Waals surface area contributed by atoms with E-state index in [2.05, 4.69) is 11.4 Å². The lowest BCUT2D eigenvalue weighted by molar-refractivity contribution is -0.216. The second-order valence-corrected chi connectivity index (χ2v) is 13.6. The highest BCUT2D eigenvalue weighted by molar-refractivity contribution is 7.47. The van der Waals surface area contributed by atoms with Gasteiger partial charge in [-0.05, 0) is 6.42 Å². The Hall–Kier alpha value is -0.550. The summed E-state index contributed by atoms with van der Waals surface area (Å²) in [6.07, 6.45) is 0.249. The van der Waals surface area contributed by atoms with E-state index in [1.54, 1.807) is 0 Å². The van der Waals surface area contributed by atoms with Crippen molar-refractivity contribution in [2.75, 3.05) is 20.0 Å². The molecule has 16 nitrogen and oxygen atoms in total. The number of rotatable bonds is 25. The normalized spacial score (nSPS) is 26.3. The fourth-order valence-electron chi connectivity index (χ4n) is 4.78. The number of aliphatic hydroxyl groups excluding tert-OH is 5. The highest BCUT2D eigenvalue weighted by atomic mass is 31.2. The van der Waals surface area contributed by atoms with Gasteiger partial charge in [-0.1, -0.05) is 84.0 Å². The van der Waals surface area contributed by atoms with Gasteiger partial charge in [0.15, 0.2) is 0 Å². The number of carbonyl (C=O) groups is 1. The van der Waals surface area contributed by atoms with Crippen molar-refractivity contribution in [2.24, 2.45) is 0 Å². The topological polar surface area (TPSA) is 259 Å². The summed E-state index contributed by atoms with van der Waals surface area (Å²) in [5.41, 5.74) is 0. The molecule has 0 bridgehead atoms. The number of aliphatic hydroxyl groups is 5. The van der Waals surface area contributed by atoms with E-state index in [1.165, 1.54) is 51.4 Å². The summed E-state index contributed by atoms with van der Waals surface area (Å²) in [5, 5.41) is 49.3. The van der Waals surface area contributed by atoms with E-state index in [4.69, 9.17) is 33.4 Å². The van der Waals surface area contributed by atoms with E-state index in [1.807, 2.05) is 0 Å². The smallest absolute Gasteiger partial charge is 0.457 e. The molecule has 0 aromatic carbocycles. The molecule has 4 unspecified atom stereocenters. The SMILES string of the molecule is CCCCCCCCCCCCCCCC(=O)O[C@H](COCO)COP(=O)(O)OC1C(O)[C@H](O)[C@@H](O)C(OP(=O)(O)O)[C@@H]1O. The van der Waals surface area contributed by atoms with Gasteiger partial charge in [0.1, 0.15) is 49.5 Å². The zero-order chi connectivity index (χ0) is 33.2. The number of ether oxygens (including phenoxy) is 2. The highest BCUT2D eigenvalue weighted by Gasteiger charge is 2.54. The fraction of sp³-hybridized carbons (Fsp3) is 0.962. The van der Waals surface area contributed by atoms with Crippen LogP contribution in [0.15, 0.2) is 0 Å². The molecule has 1 saturated carbocycles. The van der Waals surface area contributed by atoms with Gasteiger partial charge >= 0.3 is 21.6 Å². The predicted molar refractivity (Wildman–Crippen MR) is 155 cm³/mol. The van der Waals surface area contributed by atoms with Crippen molar-refractivity contribution in [3.63, 3.8) is 0 Å². The molecule has 1 rings (SSSR count). The fourth-order valence-corrected chi connectivity index (χ4v) is 6.32. The van der Waals surface area contributed by atoms with Crippen LogP contribution in [0.5, 0.6) is 0 Å². The van der Waals surface area contributed by atoms with Crippen LogP contribution in [-0.2, 0) is 37.0 Å². The van der Waals surface area contributed by atoms with Crippen molar-refractivity contribution < 1.29 is 77.2 Å². The van der Waals surface area contributed by atoms with Crippen molar-refractivity contribution in [1.82, 2.24) is 0 Å². The lowest BCUT2D eigenvalue weighted by atomic mass is 9.85. The predicted octanol–water partition coefficient (Wildman–Crippen LogP) is 1.78. The molecule has 1 aliphatic carbocycles. The van der Waals surface area contributed by atoms with Crippen LogP contribution in [0, 0.1) is 0 Å².